The van der Waals surface area contributed by atoms with Crippen molar-refractivity contribution in [3.8, 4) is 0 Å². The van der Waals surface area contributed by atoms with E-state index in [4.69, 9.17) is 0 Å². The third-order valence-electron chi connectivity index (χ3n) is 6.18. The Morgan fingerprint density at radius 3 is 2.33 bits per heavy atom. The molecule has 0 heterocycles. The van der Waals surface area contributed by atoms with Gasteiger partial charge in [-0.2, -0.15) is 0 Å². The van der Waals surface area contributed by atoms with Gasteiger partial charge in [0.05, 0.1) is 6.10 Å². The van der Waals surface area contributed by atoms with E-state index in [0.717, 1.165) is 16.3 Å². The van der Waals surface area contributed by atoms with Crippen LogP contribution >= 0.6 is 15.9 Å². The summed E-state index contributed by atoms with van der Waals surface area (Å²) in [6, 6.07) is 5.02. The number of hydrogen-bond donors (Lipinski definition) is 1. The number of aliphatic hydroxyl groups excluding tert-OH is 1. The van der Waals surface area contributed by atoms with Crippen LogP contribution in [0.25, 0.3) is 0 Å². The fourth-order valence-corrected chi connectivity index (χ4v) is 6.07. The van der Waals surface area contributed by atoms with Crippen LogP contribution in [0, 0.1) is 35.4 Å². The maximum atomic E-state index is 13.9. The molecule has 0 spiro atoms. The topological polar surface area (TPSA) is 20.2 Å². The molecule has 1 aromatic carbocycles. The molecular formula is C18H22BrFO. The molecular weight excluding hydrogens is 331 g/mol. The minimum Gasteiger partial charge on any atom is -0.392 e. The SMILES string of the molecule is OC(Cc1cc(Br)ccc1F)C1C2CC3CC(C2)CC1C3. The summed E-state index contributed by atoms with van der Waals surface area (Å²) < 4.78 is 14.8. The van der Waals surface area contributed by atoms with E-state index in [9.17, 15) is 9.50 Å². The van der Waals surface area contributed by atoms with Gasteiger partial charge in [-0.1, -0.05) is 15.9 Å². The van der Waals surface area contributed by atoms with Crippen molar-refractivity contribution in [1.29, 1.82) is 0 Å². The van der Waals surface area contributed by atoms with Gasteiger partial charge in [0.15, 0.2) is 0 Å². The number of aliphatic hydroxyl groups is 1. The van der Waals surface area contributed by atoms with Gasteiger partial charge in [0.1, 0.15) is 5.82 Å². The van der Waals surface area contributed by atoms with E-state index in [1.165, 1.54) is 38.2 Å². The predicted octanol–water partition coefficient (Wildman–Crippen LogP) is 4.56. The molecule has 5 rings (SSSR count). The van der Waals surface area contributed by atoms with Crippen LogP contribution in [0.1, 0.15) is 37.7 Å². The number of rotatable bonds is 3. The summed E-state index contributed by atoms with van der Waals surface area (Å²) in [5, 5.41) is 10.8. The summed E-state index contributed by atoms with van der Waals surface area (Å²) in [6.45, 7) is 0. The molecule has 0 amide bonds. The molecule has 3 heteroatoms. The van der Waals surface area contributed by atoms with Crippen molar-refractivity contribution in [2.24, 2.45) is 29.6 Å². The Morgan fingerprint density at radius 2 is 1.71 bits per heavy atom. The Balaban J connectivity index is 1.52. The number of hydrogen-bond acceptors (Lipinski definition) is 1. The lowest BCUT2D eigenvalue weighted by atomic mass is 9.50. The molecule has 0 saturated heterocycles. The quantitative estimate of drug-likeness (QED) is 0.844. The molecule has 1 unspecified atom stereocenters. The third-order valence-corrected chi connectivity index (χ3v) is 6.67. The van der Waals surface area contributed by atoms with E-state index in [1.54, 1.807) is 6.07 Å². The fraction of sp³-hybridized carbons (Fsp3) is 0.667. The maximum Gasteiger partial charge on any atom is 0.126 e. The Kier molecular flexibility index (Phi) is 3.61. The van der Waals surface area contributed by atoms with Gasteiger partial charge in [-0.15, -0.1) is 0 Å². The van der Waals surface area contributed by atoms with E-state index in [1.807, 2.05) is 6.07 Å². The largest absolute Gasteiger partial charge is 0.392 e. The highest BCUT2D eigenvalue weighted by atomic mass is 79.9. The minimum atomic E-state index is -0.385. The lowest BCUT2D eigenvalue weighted by molar-refractivity contribution is -0.0889. The van der Waals surface area contributed by atoms with Crippen molar-refractivity contribution in [2.45, 2.75) is 44.6 Å². The van der Waals surface area contributed by atoms with Crippen LogP contribution in [-0.4, -0.2) is 11.2 Å². The first kappa shape index (κ1) is 14.2. The summed E-state index contributed by atoms with van der Waals surface area (Å²) in [4.78, 5) is 0. The van der Waals surface area contributed by atoms with Crippen LogP contribution in [0.2, 0.25) is 0 Å². The summed E-state index contributed by atoms with van der Waals surface area (Å²) in [7, 11) is 0. The Bertz CT molecular complexity index is 516. The Labute approximate surface area is 134 Å². The minimum absolute atomic E-state index is 0.193. The number of benzene rings is 1. The second kappa shape index (κ2) is 5.34. The highest BCUT2D eigenvalue weighted by Crippen LogP contribution is 2.57. The summed E-state index contributed by atoms with van der Waals surface area (Å²) in [5.74, 6) is 3.41. The van der Waals surface area contributed by atoms with Gasteiger partial charge >= 0.3 is 0 Å². The van der Waals surface area contributed by atoms with Gasteiger partial charge in [0.2, 0.25) is 0 Å². The van der Waals surface area contributed by atoms with Crippen molar-refractivity contribution in [2.75, 3.05) is 0 Å². The Morgan fingerprint density at radius 1 is 1.10 bits per heavy atom. The average molecular weight is 353 g/mol. The normalized spacial score (nSPS) is 38.7. The summed E-state index contributed by atoms with van der Waals surface area (Å²) >= 11 is 3.40. The average Bonchev–Trinajstić information content (AvgIpc) is 2.41. The fourth-order valence-electron chi connectivity index (χ4n) is 5.66. The lowest BCUT2D eigenvalue weighted by Gasteiger charge is -2.55. The van der Waals surface area contributed by atoms with Crippen molar-refractivity contribution in [3.05, 3.63) is 34.1 Å². The summed E-state index contributed by atoms with van der Waals surface area (Å²) in [6.07, 6.45) is 6.70. The molecule has 1 aromatic rings. The van der Waals surface area contributed by atoms with Crippen molar-refractivity contribution in [3.63, 3.8) is 0 Å². The van der Waals surface area contributed by atoms with E-state index < -0.39 is 0 Å². The zero-order valence-electron chi connectivity index (χ0n) is 12.1. The monoisotopic (exact) mass is 352 g/mol. The standard InChI is InChI=1S/C18H22BrFO/c19-15-1-2-16(20)12(8-15)9-17(21)18-13-4-10-3-11(6-13)7-14(18)5-10/h1-2,8,10-11,13-14,17-18,21H,3-7,9H2. The molecule has 1 atom stereocenters. The zero-order valence-corrected chi connectivity index (χ0v) is 13.7. The van der Waals surface area contributed by atoms with Gasteiger partial charge in [-0.05, 0) is 85.5 Å². The molecule has 1 N–H and O–H groups in total. The van der Waals surface area contributed by atoms with Crippen LogP contribution < -0.4 is 0 Å². The second-order valence-corrected chi connectivity index (χ2v) is 8.43. The first-order chi connectivity index (χ1) is 10.1. The summed E-state index contributed by atoms with van der Waals surface area (Å²) in [5.41, 5.74) is 0.644. The van der Waals surface area contributed by atoms with E-state index in [0.29, 0.717) is 29.7 Å². The van der Waals surface area contributed by atoms with E-state index in [-0.39, 0.29) is 11.9 Å². The first-order valence-corrected chi connectivity index (χ1v) is 9.01. The third kappa shape index (κ3) is 2.57. The molecule has 114 valence electrons. The van der Waals surface area contributed by atoms with Crippen molar-refractivity contribution < 1.29 is 9.50 Å². The first-order valence-electron chi connectivity index (χ1n) is 8.22. The van der Waals surface area contributed by atoms with E-state index >= 15 is 0 Å². The molecule has 4 saturated carbocycles. The molecule has 21 heavy (non-hydrogen) atoms. The molecule has 4 bridgehead atoms. The van der Waals surface area contributed by atoms with Crippen LogP contribution in [0.15, 0.2) is 22.7 Å². The molecule has 4 fully saturated rings. The van der Waals surface area contributed by atoms with E-state index in [2.05, 4.69) is 15.9 Å². The van der Waals surface area contributed by atoms with Gasteiger partial charge in [0.25, 0.3) is 0 Å². The maximum absolute atomic E-state index is 13.9. The zero-order chi connectivity index (χ0) is 14.6. The smallest absolute Gasteiger partial charge is 0.126 e. The molecule has 0 aliphatic heterocycles. The van der Waals surface area contributed by atoms with Crippen molar-refractivity contribution in [1.82, 2.24) is 0 Å². The molecule has 0 aromatic heterocycles. The molecule has 0 radical (unpaired) electrons. The van der Waals surface area contributed by atoms with Crippen LogP contribution in [-0.2, 0) is 6.42 Å². The van der Waals surface area contributed by atoms with Gasteiger partial charge in [-0.25, -0.2) is 4.39 Å². The second-order valence-electron chi connectivity index (χ2n) is 7.52. The highest BCUT2D eigenvalue weighted by Gasteiger charge is 2.50. The molecule has 1 nitrogen and oxygen atoms in total. The predicted molar refractivity (Wildman–Crippen MR) is 84.3 cm³/mol. The Hall–Kier alpha value is -0.410. The van der Waals surface area contributed by atoms with Gasteiger partial charge < -0.3 is 5.11 Å². The van der Waals surface area contributed by atoms with Gasteiger partial charge in [-0.3, -0.25) is 0 Å². The molecule has 4 aliphatic rings. The van der Waals surface area contributed by atoms with Crippen LogP contribution in [0.4, 0.5) is 4.39 Å². The van der Waals surface area contributed by atoms with Gasteiger partial charge in [0, 0.05) is 10.9 Å². The number of halogens is 2. The molecule has 4 aliphatic carbocycles. The van der Waals surface area contributed by atoms with Crippen LogP contribution in [0.5, 0.6) is 0 Å². The highest BCUT2D eigenvalue weighted by molar-refractivity contribution is 9.10. The van der Waals surface area contributed by atoms with Crippen LogP contribution in [0.3, 0.4) is 0 Å². The van der Waals surface area contributed by atoms with Crippen molar-refractivity contribution >= 4 is 15.9 Å². The lowest BCUT2D eigenvalue weighted by Crippen LogP contribution is -2.49.